The number of hydrogen-bond acceptors (Lipinski definition) is 3. The summed E-state index contributed by atoms with van der Waals surface area (Å²) in [6, 6.07) is 1.91. The van der Waals surface area contributed by atoms with Crippen molar-refractivity contribution < 1.29 is 9.84 Å². The lowest BCUT2D eigenvalue weighted by Gasteiger charge is -2.03. The summed E-state index contributed by atoms with van der Waals surface area (Å²) >= 11 is 1.53. The minimum atomic E-state index is 0.0825. The highest BCUT2D eigenvalue weighted by molar-refractivity contribution is 7.10. The molecule has 0 saturated heterocycles. The van der Waals surface area contributed by atoms with Gasteiger partial charge in [0.05, 0.1) is 18.1 Å². The number of unbranched alkanes of at least 4 members (excludes halogenated alkanes) is 1. The van der Waals surface area contributed by atoms with Crippen molar-refractivity contribution in [2.24, 2.45) is 0 Å². The van der Waals surface area contributed by atoms with Gasteiger partial charge in [-0.3, -0.25) is 0 Å². The predicted octanol–water partition coefficient (Wildman–Crippen LogP) is 2.42. The fourth-order valence-electron chi connectivity index (χ4n) is 0.899. The smallest absolute Gasteiger partial charge is 0.135 e. The molecule has 0 radical (unpaired) electrons. The minimum absolute atomic E-state index is 0.0825. The number of hydrogen-bond donors (Lipinski definition) is 1. The van der Waals surface area contributed by atoms with Crippen molar-refractivity contribution in [3.05, 3.63) is 16.3 Å². The number of thiophene rings is 1. The van der Waals surface area contributed by atoms with Crippen LogP contribution in [-0.4, -0.2) is 11.7 Å². The molecule has 1 aromatic heterocycles. The van der Waals surface area contributed by atoms with Gasteiger partial charge in [0, 0.05) is 0 Å². The van der Waals surface area contributed by atoms with E-state index in [2.05, 4.69) is 6.92 Å². The van der Waals surface area contributed by atoms with E-state index in [9.17, 15) is 0 Å². The molecule has 0 aliphatic carbocycles. The standard InChI is InChI=1S/C9H14O2S/c1-2-3-5-11-8-4-6-12-9(8)7-10/h4,6,10H,2-3,5,7H2,1H3. The second-order valence-electron chi connectivity index (χ2n) is 2.57. The quantitative estimate of drug-likeness (QED) is 0.716. The van der Waals surface area contributed by atoms with Gasteiger partial charge in [-0.1, -0.05) is 13.3 Å². The second-order valence-corrected chi connectivity index (χ2v) is 3.57. The Morgan fingerprint density at radius 3 is 3.08 bits per heavy atom. The Morgan fingerprint density at radius 1 is 1.58 bits per heavy atom. The van der Waals surface area contributed by atoms with Crippen LogP contribution in [0.25, 0.3) is 0 Å². The molecule has 12 heavy (non-hydrogen) atoms. The summed E-state index contributed by atoms with van der Waals surface area (Å²) in [4.78, 5) is 0.922. The summed E-state index contributed by atoms with van der Waals surface area (Å²) in [6.45, 7) is 2.96. The largest absolute Gasteiger partial charge is 0.492 e. The Morgan fingerprint density at radius 2 is 2.42 bits per heavy atom. The highest BCUT2D eigenvalue weighted by atomic mass is 32.1. The number of rotatable bonds is 5. The van der Waals surface area contributed by atoms with Crippen LogP contribution in [0.5, 0.6) is 5.75 Å². The third-order valence-electron chi connectivity index (χ3n) is 1.60. The van der Waals surface area contributed by atoms with Crippen LogP contribution in [0.1, 0.15) is 24.6 Å². The van der Waals surface area contributed by atoms with E-state index in [0.717, 1.165) is 30.1 Å². The average molecular weight is 186 g/mol. The van der Waals surface area contributed by atoms with Crippen molar-refractivity contribution in [3.8, 4) is 5.75 Å². The van der Waals surface area contributed by atoms with E-state index in [1.165, 1.54) is 11.3 Å². The molecule has 1 N–H and O–H groups in total. The maximum Gasteiger partial charge on any atom is 0.135 e. The molecule has 0 aliphatic heterocycles. The normalized spacial score (nSPS) is 10.2. The van der Waals surface area contributed by atoms with Crippen molar-refractivity contribution in [3.63, 3.8) is 0 Å². The van der Waals surface area contributed by atoms with E-state index in [0.29, 0.717) is 0 Å². The molecule has 0 unspecified atom stereocenters. The van der Waals surface area contributed by atoms with E-state index >= 15 is 0 Å². The van der Waals surface area contributed by atoms with Crippen LogP contribution in [0.3, 0.4) is 0 Å². The Labute approximate surface area is 76.8 Å². The molecular weight excluding hydrogens is 172 g/mol. The van der Waals surface area contributed by atoms with Gasteiger partial charge in [0.1, 0.15) is 5.75 Å². The molecule has 0 atom stereocenters. The Bertz CT molecular complexity index is 220. The van der Waals surface area contributed by atoms with Crippen molar-refractivity contribution in [2.75, 3.05) is 6.61 Å². The first-order chi connectivity index (χ1) is 5.88. The van der Waals surface area contributed by atoms with Crippen LogP contribution in [0.2, 0.25) is 0 Å². The Hall–Kier alpha value is -0.540. The first-order valence-corrected chi connectivity index (χ1v) is 5.06. The van der Waals surface area contributed by atoms with Gasteiger partial charge in [0.25, 0.3) is 0 Å². The number of ether oxygens (including phenoxy) is 1. The van der Waals surface area contributed by atoms with Crippen LogP contribution in [0.4, 0.5) is 0 Å². The highest BCUT2D eigenvalue weighted by Crippen LogP contribution is 2.24. The van der Waals surface area contributed by atoms with E-state index in [1.807, 2.05) is 11.4 Å². The summed E-state index contributed by atoms with van der Waals surface area (Å²) in [5, 5.41) is 10.8. The first kappa shape index (κ1) is 9.55. The van der Waals surface area contributed by atoms with Gasteiger partial charge in [0.2, 0.25) is 0 Å². The highest BCUT2D eigenvalue weighted by Gasteiger charge is 2.02. The Kier molecular flexibility index (Phi) is 4.11. The maximum atomic E-state index is 8.89. The molecule has 0 aromatic carbocycles. The molecule has 1 rings (SSSR count). The molecule has 0 bridgehead atoms. The number of aliphatic hydroxyl groups is 1. The van der Waals surface area contributed by atoms with Gasteiger partial charge in [-0.25, -0.2) is 0 Å². The Balaban J connectivity index is 2.39. The van der Waals surface area contributed by atoms with E-state index in [1.54, 1.807) is 0 Å². The van der Waals surface area contributed by atoms with Crippen LogP contribution in [0, 0.1) is 0 Å². The molecule has 0 spiro atoms. The fourth-order valence-corrected chi connectivity index (χ4v) is 1.57. The van der Waals surface area contributed by atoms with Crippen molar-refractivity contribution in [1.29, 1.82) is 0 Å². The minimum Gasteiger partial charge on any atom is -0.492 e. The van der Waals surface area contributed by atoms with Crippen molar-refractivity contribution in [1.82, 2.24) is 0 Å². The van der Waals surface area contributed by atoms with E-state index in [4.69, 9.17) is 9.84 Å². The summed E-state index contributed by atoms with van der Waals surface area (Å²) in [5.74, 6) is 0.843. The molecule has 0 fully saturated rings. The monoisotopic (exact) mass is 186 g/mol. The van der Waals surface area contributed by atoms with Crippen molar-refractivity contribution in [2.45, 2.75) is 26.4 Å². The summed E-state index contributed by atoms with van der Waals surface area (Å²) < 4.78 is 5.46. The van der Waals surface area contributed by atoms with Crippen LogP contribution >= 0.6 is 11.3 Å². The zero-order valence-corrected chi connectivity index (χ0v) is 8.06. The first-order valence-electron chi connectivity index (χ1n) is 4.18. The SMILES string of the molecule is CCCCOc1ccsc1CO. The lowest BCUT2D eigenvalue weighted by atomic mass is 10.3. The molecule has 0 aliphatic rings. The lowest BCUT2D eigenvalue weighted by molar-refractivity contribution is 0.265. The molecule has 1 aromatic rings. The molecule has 0 amide bonds. The van der Waals surface area contributed by atoms with Gasteiger partial charge in [0.15, 0.2) is 0 Å². The summed E-state index contributed by atoms with van der Waals surface area (Å²) in [7, 11) is 0. The lowest BCUT2D eigenvalue weighted by Crippen LogP contribution is -1.97. The van der Waals surface area contributed by atoms with Crippen LogP contribution in [-0.2, 0) is 6.61 Å². The van der Waals surface area contributed by atoms with Gasteiger partial charge >= 0.3 is 0 Å². The summed E-state index contributed by atoms with van der Waals surface area (Å²) in [6.07, 6.45) is 2.21. The molecule has 3 heteroatoms. The topological polar surface area (TPSA) is 29.5 Å². The molecule has 0 saturated carbocycles. The van der Waals surface area contributed by atoms with Crippen LogP contribution < -0.4 is 4.74 Å². The fraction of sp³-hybridized carbons (Fsp3) is 0.556. The summed E-state index contributed by atoms with van der Waals surface area (Å²) in [5.41, 5.74) is 0. The van der Waals surface area contributed by atoms with Gasteiger partial charge < -0.3 is 9.84 Å². The average Bonchev–Trinajstić information content (AvgIpc) is 2.52. The van der Waals surface area contributed by atoms with E-state index in [-0.39, 0.29) is 6.61 Å². The maximum absolute atomic E-state index is 8.89. The van der Waals surface area contributed by atoms with Gasteiger partial charge in [-0.15, -0.1) is 11.3 Å². The van der Waals surface area contributed by atoms with Gasteiger partial charge in [-0.2, -0.15) is 0 Å². The van der Waals surface area contributed by atoms with E-state index < -0.39 is 0 Å². The third kappa shape index (κ3) is 2.50. The molecule has 1 heterocycles. The van der Waals surface area contributed by atoms with Crippen molar-refractivity contribution >= 4 is 11.3 Å². The zero-order chi connectivity index (χ0) is 8.81. The molecule has 68 valence electrons. The number of aliphatic hydroxyl groups excluding tert-OH is 1. The zero-order valence-electron chi connectivity index (χ0n) is 7.25. The third-order valence-corrected chi connectivity index (χ3v) is 2.49. The van der Waals surface area contributed by atoms with Crippen LogP contribution in [0.15, 0.2) is 11.4 Å². The molecule has 2 nitrogen and oxygen atoms in total. The second kappa shape index (κ2) is 5.17. The predicted molar refractivity (Wildman–Crippen MR) is 50.6 cm³/mol. The van der Waals surface area contributed by atoms with Gasteiger partial charge in [-0.05, 0) is 17.9 Å². The molecular formula is C9H14O2S.